The molecule has 4 aromatic carbocycles. The number of aliphatic carboxylic acids is 1. The summed E-state index contributed by atoms with van der Waals surface area (Å²) in [6, 6.07) is 27.1. The summed E-state index contributed by atoms with van der Waals surface area (Å²) in [5.74, 6) is -1.58. The number of halogens is 1. The molecule has 0 bridgehead atoms. The van der Waals surface area contributed by atoms with E-state index < -0.39 is 12.0 Å². The smallest absolute Gasteiger partial charge is 0.326 e. The zero-order chi connectivity index (χ0) is 32.2. The fraction of sp³-hybridized carbons (Fsp3) is 0.289. The molecule has 0 aliphatic carbocycles. The summed E-state index contributed by atoms with van der Waals surface area (Å²) in [6.07, 6.45) is 5.96. The summed E-state index contributed by atoms with van der Waals surface area (Å²) >= 11 is 0. The number of nitrogens with one attached hydrogen (secondary N) is 1. The minimum absolute atomic E-state index is 0.00861. The third-order valence-corrected chi connectivity index (χ3v) is 7.94. The van der Waals surface area contributed by atoms with Gasteiger partial charge in [0.25, 0.3) is 0 Å². The predicted molar refractivity (Wildman–Crippen MR) is 177 cm³/mol. The third kappa shape index (κ3) is 9.35. The van der Waals surface area contributed by atoms with Gasteiger partial charge < -0.3 is 15.3 Å². The highest BCUT2D eigenvalue weighted by Gasteiger charge is 2.21. The highest BCUT2D eigenvalue weighted by molar-refractivity contribution is 6.12. The van der Waals surface area contributed by atoms with E-state index in [0.717, 1.165) is 42.4 Å². The molecule has 45 heavy (non-hydrogen) atoms. The second kappa shape index (κ2) is 16.3. The highest BCUT2D eigenvalue weighted by atomic mass is 19.1. The number of carboxylic acid groups (broad SMARTS) is 1. The topological polar surface area (TPSA) is 86.7 Å². The van der Waals surface area contributed by atoms with E-state index in [1.54, 1.807) is 72.6 Å². The Kier molecular flexibility index (Phi) is 12.0. The number of carbonyl (C=O) groups excluding carboxylic acids is 2. The SMILES string of the molecule is CCCCCCCC(=O)N(C)Cc1cc(-c2ccc(CC(Nc3ccccc3C(=O)c3ccccc3)C(=O)O)cc2)ccc1F. The summed E-state index contributed by atoms with van der Waals surface area (Å²) in [5.41, 5.74) is 4.26. The molecule has 6 nitrogen and oxygen atoms in total. The zero-order valence-corrected chi connectivity index (χ0v) is 26.0. The lowest BCUT2D eigenvalue weighted by atomic mass is 9.98. The van der Waals surface area contributed by atoms with Gasteiger partial charge in [0, 0.05) is 48.8 Å². The number of nitrogens with zero attached hydrogens (tertiary/aromatic N) is 1. The van der Waals surface area contributed by atoms with Gasteiger partial charge in [-0.05, 0) is 47.4 Å². The molecule has 4 rings (SSSR count). The Bertz CT molecular complexity index is 1590. The number of carbonyl (C=O) groups is 3. The number of benzene rings is 4. The molecule has 0 heterocycles. The number of hydrogen-bond donors (Lipinski definition) is 2. The van der Waals surface area contributed by atoms with E-state index in [1.165, 1.54) is 12.5 Å². The molecule has 0 radical (unpaired) electrons. The van der Waals surface area contributed by atoms with Crippen molar-refractivity contribution in [2.45, 2.75) is 64.5 Å². The summed E-state index contributed by atoms with van der Waals surface area (Å²) in [6.45, 7) is 2.34. The minimum atomic E-state index is -1.04. The molecule has 1 atom stereocenters. The number of unbranched alkanes of at least 4 members (excludes halogenated alkanes) is 4. The van der Waals surface area contributed by atoms with E-state index in [9.17, 15) is 23.9 Å². The largest absolute Gasteiger partial charge is 0.480 e. The van der Waals surface area contributed by atoms with Crippen LogP contribution in [0.5, 0.6) is 0 Å². The number of para-hydroxylation sites is 1. The normalized spacial score (nSPS) is 11.5. The third-order valence-electron chi connectivity index (χ3n) is 7.94. The first-order valence-electron chi connectivity index (χ1n) is 15.6. The van der Waals surface area contributed by atoms with Crippen molar-refractivity contribution in [1.82, 2.24) is 4.90 Å². The second-order valence-electron chi connectivity index (χ2n) is 11.4. The van der Waals surface area contributed by atoms with Crippen LogP contribution in [0.3, 0.4) is 0 Å². The monoisotopic (exact) mass is 608 g/mol. The molecular weight excluding hydrogens is 567 g/mol. The van der Waals surface area contributed by atoms with Crippen LogP contribution in [0.2, 0.25) is 0 Å². The van der Waals surface area contributed by atoms with Crippen molar-refractivity contribution in [2.75, 3.05) is 12.4 Å². The zero-order valence-electron chi connectivity index (χ0n) is 26.0. The van der Waals surface area contributed by atoms with E-state index in [2.05, 4.69) is 12.2 Å². The van der Waals surface area contributed by atoms with Gasteiger partial charge in [-0.15, -0.1) is 0 Å². The van der Waals surface area contributed by atoms with E-state index in [-0.39, 0.29) is 30.5 Å². The minimum Gasteiger partial charge on any atom is -0.480 e. The molecule has 2 N–H and O–H groups in total. The van der Waals surface area contributed by atoms with Gasteiger partial charge in [0.1, 0.15) is 11.9 Å². The lowest BCUT2D eigenvalue weighted by Gasteiger charge is -2.19. The molecule has 0 aliphatic rings. The van der Waals surface area contributed by atoms with Crippen molar-refractivity contribution in [3.8, 4) is 11.1 Å². The Morgan fingerprint density at radius 1 is 0.822 bits per heavy atom. The van der Waals surface area contributed by atoms with Crippen molar-refractivity contribution < 1.29 is 23.9 Å². The molecule has 1 amide bonds. The molecule has 7 heteroatoms. The van der Waals surface area contributed by atoms with Crippen LogP contribution in [-0.4, -0.2) is 40.8 Å². The van der Waals surface area contributed by atoms with E-state index in [1.807, 2.05) is 30.3 Å². The fourth-order valence-electron chi connectivity index (χ4n) is 5.30. The number of carboxylic acids is 1. The van der Waals surface area contributed by atoms with Crippen molar-refractivity contribution in [3.05, 3.63) is 125 Å². The maximum absolute atomic E-state index is 14.7. The molecule has 0 spiro atoms. The summed E-state index contributed by atoms with van der Waals surface area (Å²) in [5, 5.41) is 13.1. The average Bonchev–Trinajstić information content (AvgIpc) is 3.06. The van der Waals surface area contributed by atoms with Gasteiger partial charge in [-0.3, -0.25) is 9.59 Å². The predicted octanol–water partition coefficient (Wildman–Crippen LogP) is 8.15. The van der Waals surface area contributed by atoms with Crippen LogP contribution in [0.25, 0.3) is 11.1 Å². The average molecular weight is 609 g/mol. The van der Waals surface area contributed by atoms with Crippen molar-refractivity contribution in [3.63, 3.8) is 0 Å². The van der Waals surface area contributed by atoms with Crippen LogP contribution >= 0.6 is 0 Å². The molecular formula is C38H41FN2O4. The van der Waals surface area contributed by atoms with Crippen LogP contribution < -0.4 is 5.32 Å². The first-order chi connectivity index (χ1) is 21.8. The first kappa shape index (κ1) is 33.1. The van der Waals surface area contributed by atoms with Gasteiger partial charge in [0.15, 0.2) is 5.78 Å². The Morgan fingerprint density at radius 2 is 1.49 bits per heavy atom. The Morgan fingerprint density at radius 3 is 2.20 bits per heavy atom. The Hall–Kier alpha value is -4.78. The van der Waals surface area contributed by atoms with Gasteiger partial charge in [0.05, 0.1) is 0 Å². The van der Waals surface area contributed by atoms with Crippen LogP contribution in [0.4, 0.5) is 10.1 Å². The van der Waals surface area contributed by atoms with Gasteiger partial charge in [-0.1, -0.05) is 105 Å². The Labute approximate surface area is 264 Å². The second-order valence-corrected chi connectivity index (χ2v) is 11.4. The number of amides is 1. The maximum Gasteiger partial charge on any atom is 0.326 e. The standard InChI is InChI=1S/C38H41FN2O4/c1-3-4-5-6-10-17-36(42)41(2)26-31-25-30(22-23-33(31)39)28-20-18-27(19-21-28)24-35(38(44)45)40-34-16-12-11-15-32(34)37(43)29-13-8-7-9-14-29/h7-9,11-16,18-23,25,35,40H,3-6,10,17,24,26H2,1-2H3,(H,44,45). The molecule has 0 fully saturated rings. The van der Waals surface area contributed by atoms with E-state index >= 15 is 0 Å². The van der Waals surface area contributed by atoms with Crippen LogP contribution in [0.1, 0.15) is 72.5 Å². The summed E-state index contributed by atoms with van der Waals surface area (Å²) < 4.78 is 14.7. The lowest BCUT2D eigenvalue weighted by Crippen LogP contribution is -2.32. The lowest BCUT2D eigenvalue weighted by molar-refractivity contribution is -0.138. The van der Waals surface area contributed by atoms with Crippen LogP contribution in [0.15, 0.2) is 97.1 Å². The molecule has 0 aromatic heterocycles. The van der Waals surface area contributed by atoms with Crippen molar-refractivity contribution >= 4 is 23.3 Å². The molecule has 234 valence electrons. The molecule has 0 saturated carbocycles. The number of rotatable bonds is 16. The molecule has 1 unspecified atom stereocenters. The van der Waals surface area contributed by atoms with E-state index in [0.29, 0.717) is 28.8 Å². The number of hydrogen-bond acceptors (Lipinski definition) is 4. The summed E-state index contributed by atoms with van der Waals surface area (Å²) in [7, 11) is 1.71. The van der Waals surface area contributed by atoms with Crippen molar-refractivity contribution in [2.24, 2.45) is 0 Å². The summed E-state index contributed by atoms with van der Waals surface area (Å²) in [4.78, 5) is 39.5. The van der Waals surface area contributed by atoms with Gasteiger partial charge in [0.2, 0.25) is 5.91 Å². The van der Waals surface area contributed by atoms with Gasteiger partial charge in [-0.25, -0.2) is 9.18 Å². The molecule has 0 aliphatic heterocycles. The molecule has 0 saturated heterocycles. The fourth-order valence-corrected chi connectivity index (χ4v) is 5.30. The van der Waals surface area contributed by atoms with Crippen LogP contribution in [0, 0.1) is 5.82 Å². The van der Waals surface area contributed by atoms with Crippen LogP contribution in [-0.2, 0) is 22.6 Å². The van der Waals surface area contributed by atoms with Gasteiger partial charge >= 0.3 is 5.97 Å². The highest BCUT2D eigenvalue weighted by Crippen LogP contribution is 2.25. The quantitative estimate of drug-likeness (QED) is 0.0990. The Balaban J connectivity index is 1.42. The number of anilines is 1. The van der Waals surface area contributed by atoms with Crippen molar-refractivity contribution in [1.29, 1.82) is 0 Å². The van der Waals surface area contributed by atoms with E-state index in [4.69, 9.17) is 0 Å². The first-order valence-corrected chi connectivity index (χ1v) is 15.6. The maximum atomic E-state index is 14.7. The van der Waals surface area contributed by atoms with Gasteiger partial charge in [-0.2, -0.15) is 0 Å². The number of ketones is 1. The molecule has 4 aromatic rings.